The highest BCUT2D eigenvalue weighted by atomic mass is 15.4. The van der Waals surface area contributed by atoms with Crippen molar-refractivity contribution in [2.75, 3.05) is 4.90 Å². The molecule has 4 nitrogen and oxygen atoms in total. The van der Waals surface area contributed by atoms with Crippen molar-refractivity contribution in [3.05, 3.63) is 192 Å². The van der Waals surface area contributed by atoms with E-state index in [1.54, 1.807) is 0 Å². The van der Waals surface area contributed by atoms with Gasteiger partial charge in [-0.1, -0.05) is 133 Å². The number of rotatable bonds is 7. The summed E-state index contributed by atoms with van der Waals surface area (Å²) in [5.41, 5.74) is 11.2. The summed E-state index contributed by atoms with van der Waals surface area (Å²) in [7, 11) is 0. The lowest BCUT2D eigenvalue weighted by molar-refractivity contribution is 0.224. The number of hydrogen-bond donors (Lipinski definition) is 3. The molecule has 1 saturated heterocycles. The molecule has 4 unspecified atom stereocenters. The molecule has 0 bridgehead atoms. The third kappa shape index (κ3) is 5.75. The molecule has 4 heteroatoms. The Labute approximate surface area is 271 Å². The first-order valence-electron chi connectivity index (χ1n) is 16.3. The van der Waals surface area contributed by atoms with Crippen LogP contribution in [0.4, 0.5) is 5.69 Å². The Kier molecular flexibility index (Phi) is 7.91. The molecule has 3 N–H and O–H groups in total. The van der Waals surface area contributed by atoms with Crippen LogP contribution in [0.3, 0.4) is 0 Å². The zero-order valence-electron chi connectivity index (χ0n) is 25.8. The molecule has 5 aromatic rings. The van der Waals surface area contributed by atoms with Gasteiger partial charge in [0.1, 0.15) is 0 Å². The molecule has 0 amide bonds. The van der Waals surface area contributed by atoms with Gasteiger partial charge in [-0.25, -0.2) is 0 Å². The summed E-state index contributed by atoms with van der Waals surface area (Å²) >= 11 is 0. The van der Waals surface area contributed by atoms with Gasteiger partial charge >= 0.3 is 0 Å². The van der Waals surface area contributed by atoms with Crippen LogP contribution in [0.15, 0.2) is 169 Å². The Morgan fingerprint density at radius 2 is 1.07 bits per heavy atom. The van der Waals surface area contributed by atoms with Crippen molar-refractivity contribution in [3.63, 3.8) is 0 Å². The van der Waals surface area contributed by atoms with E-state index < -0.39 is 0 Å². The molecule has 1 aliphatic carbocycles. The van der Waals surface area contributed by atoms with E-state index in [1.807, 2.05) is 0 Å². The zero-order chi connectivity index (χ0) is 30.7. The molecule has 2 heterocycles. The van der Waals surface area contributed by atoms with E-state index in [4.69, 9.17) is 0 Å². The number of para-hydroxylation sites is 1. The number of nitrogens with zero attached hydrogens (tertiary/aromatic N) is 1. The second kappa shape index (κ2) is 12.8. The van der Waals surface area contributed by atoms with Gasteiger partial charge in [0.15, 0.2) is 0 Å². The van der Waals surface area contributed by atoms with Crippen molar-refractivity contribution in [3.8, 4) is 11.1 Å². The molecule has 0 aromatic heterocycles. The van der Waals surface area contributed by atoms with Crippen molar-refractivity contribution in [2.45, 2.75) is 37.4 Å². The molecule has 3 aliphatic rings. The summed E-state index contributed by atoms with van der Waals surface area (Å²) < 4.78 is 0. The first-order chi connectivity index (χ1) is 22.8. The fourth-order valence-electron chi connectivity index (χ4n) is 6.86. The third-order valence-electron chi connectivity index (χ3n) is 9.23. The van der Waals surface area contributed by atoms with Crippen molar-refractivity contribution >= 4 is 11.4 Å². The summed E-state index contributed by atoms with van der Waals surface area (Å²) in [6, 6.07) is 50.2. The highest BCUT2D eigenvalue weighted by Crippen LogP contribution is 2.45. The largest absolute Gasteiger partial charge is 0.330 e. The molecule has 0 saturated carbocycles. The molecule has 0 spiro atoms. The average molecular weight is 599 g/mol. The molecule has 8 rings (SSSR count). The van der Waals surface area contributed by atoms with Crippen LogP contribution in [-0.2, 0) is 0 Å². The maximum atomic E-state index is 3.85. The molecule has 4 atom stereocenters. The van der Waals surface area contributed by atoms with E-state index in [-0.39, 0.29) is 24.5 Å². The lowest BCUT2D eigenvalue weighted by atomic mass is 9.90. The predicted molar refractivity (Wildman–Crippen MR) is 190 cm³/mol. The molecule has 5 aromatic carbocycles. The Morgan fingerprint density at radius 1 is 0.500 bits per heavy atom. The average Bonchev–Trinajstić information content (AvgIpc) is 3.13. The smallest absolute Gasteiger partial charge is 0.0864 e. The maximum absolute atomic E-state index is 3.85. The minimum Gasteiger partial charge on any atom is -0.330 e. The van der Waals surface area contributed by atoms with Crippen LogP contribution in [0.2, 0.25) is 0 Å². The number of allylic oxidation sites excluding steroid dienone is 2. The van der Waals surface area contributed by atoms with Gasteiger partial charge in [-0.3, -0.25) is 16.0 Å². The Balaban J connectivity index is 1.10. The van der Waals surface area contributed by atoms with Gasteiger partial charge in [-0.05, 0) is 82.1 Å². The second-order valence-electron chi connectivity index (χ2n) is 12.2. The Morgan fingerprint density at radius 3 is 1.76 bits per heavy atom. The Bertz CT molecular complexity index is 1890. The summed E-state index contributed by atoms with van der Waals surface area (Å²) in [5.74, 6) is 0. The molecule has 46 heavy (non-hydrogen) atoms. The van der Waals surface area contributed by atoms with Gasteiger partial charge in [-0.2, -0.15) is 0 Å². The maximum Gasteiger partial charge on any atom is 0.0864 e. The van der Waals surface area contributed by atoms with Crippen molar-refractivity contribution in [2.24, 2.45) is 0 Å². The summed E-state index contributed by atoms with van der Waals surface area (Å²) in [6.45, 7) is 0. The van der Waals surface area contributed by atoms with Crippen molar-refractivity contribution in [1.29, 1.82) is 0 Å². The lowest BCUT2D eigenvalue weighted by Gasteiger charge is -2.42. The fourth-order valence-corrected chi connectivity index (χ4v) is 6.86. The molecule has 2 aliphatic heterocycles. The molecule has 1 fully saturated rings. The highest BCUT2D eigenvalue weighted by molar-refractivity contribution is 5.87. The normalized spacial score (nSPS) is 22.5. The van der Waals surface area contributed by atoms with Crippen LogP contribution in [0.5, 0.6) is 0 Å². The molecule has 0 radical (unpaired) electrons. The summed E-state index contributed by atoms with van der Waals surface area (Å²) in [6.07, 6.45) is 11.5. The van der Waals surface area contributed by atoms with Gasteiger partial charge in [-0.15, -0.1) is 0 Å². The SMILES string of the molecule is C1=CC(C2NC(c3ccccc3)NC(c3cccc(-c4cccc(C5C=C(c6ccccc6)N5c5ccccc5)c4)c3)N2)=CCC1. The van der Waals surface area contributed by atoms with Gasteiger partial charge in [0.25, 0.3) is 0 Å². The predicted octanol–water partition coefficient (Wildman–Crippen LogP) is 9.04. The quantitative estimate of drug-likeness (QED) is 0.175. The molecular formula is C42H38N4. The van der Waals surface area contributed by atoms with E-state index >= 15 is 0 Å². The topological polar surface area (TPSA) is 39.3 Å². The van der Waals surface area contributed by atoms with Crippen LogP contribution in [0, 0.1) is 0 Å². The third-order valence-corrected chi connectivity index (χ3v) is 9.23. The summed E-state index contributed by atoms with van der Waals surface area (Å²) in [5, 5.41) is 11.5. The van der Waals surface area contributed by atoms with Crippen LogP contribution in [0.25, 0.3) is 16.8 Å². The molecule has 226 valence electrons. The number of anilines is 1. The lowest BCUT2D eigenvalue weighted by Crippen LogP contribution is -2.59. The van der Waals surface area contributed by atoms with E-state index in [0.29, 0.717) is 0 Å². The monoisotopic (exact) mass is 598 g/mol. The fraction of sp³-hybridized carbons (Fsp3) is 0.143. The second-order valence-corrected chi connectivity index (χ2v) is 12.2. The Hall–Kier alpha value is -5.00. The first kappa shape index (κ1) is 28.5. The van der Waals surface area contributed by atoms with E-state index in [1.165, 1.54) is 50.3 Å². The van der Waals surface area contributed by atoms with E-state index in [9.17, 15) is 0 Å². The van der Waals surface area contributed by atoms with Crippen LogP contribution in [-0.4, -0.2) is 6.17 Å². The zero-order valence-corrected chi connectivity index (χ0v) is 25.8. The molecular weight excluding hydrogens is 560 g/mol. The van der Waals surface area contributed by atoms with Crippen LogP contribution < -0.4 is 20.9 Å². The number of benzene rings is 5. The highest BCUT2D eigenvalue weighted by Gasteiger charge is 2.33. The minimum atomic E-state index is -0.0209. The van der Waals surface area contributed by atoms with Gasteiger partial charge in [0.2, 0.25) is 0 Å². The number of nitrogens with one attached hydrogen (secondary N) is 3. The van der Waals surface area contributed by atoms with Gasteiger partial charge in [0, 0.05) is 11.4 Å². The summed E-state index contributed by atoms with van der Waals surface area (Å²) in [4.78, 5) is 2.45. The van der Waals surface area contributed by atoms with Crippen molar-refractivity contribution < 1.29 is 0 Å². The van der Waals surface area contributed by atoms with E-state index in [0.717, 1.165) is 12.8 Å². The first-order valence-corrected chi connectivity index (χ1v) is 16.3. The standard InChI is InChI=1S/C42H38N4/c1-5-15-30(16-6-1)38-29-39(46(38)37-25-11-4-12-26-37)35-23-13-21-33(27-35)34-22-14-24-36(28-34)42-44-40(31-17-7-2-8-18-31)43-41(45-42)32-19-9-3-10-20-32/h1-2,4-9,11-29,39-45H,3,10H2. The van der Waals surface area contributed by atoms with Crippen LogP contribution >= 0.6 is 0 Å². The van der Waals surface area contributed by atoms with Gasteiger partial charge in [0.05, 0.1) is 24.5 Å². The van der Waals surface area contributed by atoms with Crippen molar-refractivity contribution in [1.82, 2.24) is 16.0 Å². The van der Waals surface area contributed by atoms with Gasteiger partial charge < -0.3 is 4.90 Å². The number of hydrogen-bond acceptors (Lipinski definition) is 4. The van der Waals surface area contributed by atoms with E-state index in [2.05, 4.69) is 185 Å². The van der Waals surface area contributed by atoms with Crippen LogP contribution in [0.1, 0.15) is 53.5 Å². The minimum absolute atomic E-state index is 0.0209.